The van der Waals surface area contributed by atoms with E-state index in [0.717, 1.165) is 11.1 Å². The minimum atomic E-state index is -3.17. The number of hydrogen-bond acceptors (Lipinski definition) is 3. The van der Waals surface area contributed by atoms with E-state index in [4.69, 9.17) is 5.11 Å². The van der Waals surface area contributed by atoms with Crippen LogP contribution in [0.4, 0.5) is 0 Å². The Morgan fingerprint density at radius 3 is 2.40 bits per heavy atom. The molecule has 0 aliphatic rings. The van der Waals surface area contributed by atoms with E-state index in [1.165, 1.54) is 0 Å². The number of rotatable bonds is 5. The Kier molecular flexibility index (Phi) is 4.26. The van der Waals surface area contributed by atoms with Gasteiger partial charge in [-0.25, -0.2) is 13.1 Å². The van der Waals surface area contributed by atoms with Crippen molar-refractivity contribution in [3.8, 4) is 0 Å². The largest absolute Gasteiger partial charge is 0.392 e. The van der Waals surface area contributed by atoms with Crippen LogP contribution in [0.5, 0.6) is 0 Å². The molecule has 5 heteroatoms. The minimum absolute atomic E-state index is 0.0638. The summed E-state index contributed by atoms with van der Waals surface area (Å²) in [4.78, 5) is 0. The topological polar surface area (TPSA) is 66.4 Å². The molecule has 1 aromatic rings. The quantitative estimate of drug-likeness (QED) is 0.777. The fourth-order valence-electron chi connectivity index (χ4n) is 1.17. The first-order valence-corrected chi connectivity index (χ1v) is 6.39. The van der Waals surface area contributed by atoms with E-state index in [9.17, 15) is 8.42 Å². The molecule has 0 bridgehead atoms. The molecule has 2 N–H and O–H groups in total. The second kappa shape index (κ2) is 5.25. The molecule has 0 spiro atoms. The van der Waals surface area contributed by atoms with E-state index in [1.807, 2.05) is 12.1 Å². The Hall–Kier alpha value is -0.910. The normalized spacial score (nSPS) is 11.6. The molecule has 4 nitrogen and oxygen atoms in total. The highest BCUT2D eigenvalue weighted by molar-refractivity contribution is 7.89. The van der Waals surface area contributed by atoms with Crippen molar-refractivity contribution in [3.05, 3.63) is 35.4 Å². The molecule has 0 radical (unpaired) electrons. The lowest BCUT2D eigenvalue weighted by Gasteiger charge is -2.08. The summed E-state index contributed by atoms with van der Waals surface area (Å²) >= 11 is 0. The first-order valence-electron chi connectivity index (χ1n) is 4.74. The van der Waals surface area contributed by atoms with Gasteiger partial charge in [-0.15, -0.1) is 0 Å². The van der Waals surface area contributed by atoms with Gasteiger partial charge in [0.2, 0.25) is 10.0 Å². The Morgan fingerprint density at radius 2 is 1.87 bits per heavy atom. The fraction of sp³-hybridized carbons (Fsp3) is 0.400. The minimum Gasteiger partial charge on any atom is -0.392 e. The van der Waals surface area contributed by atoms with Crippen molar-refractivity contribution in [3.63, 3.8) is 0 Å². The summed E-state index contributed by atoms with van der Waals surface area (Å²) in [7, 11) is -3.17. The number of aliphatic hydroxyl groups excluding tert-OH is 1. The smallest absolute Gasteiger partial charge is 0.211 e. The number of benzene rings is 1. The fourth-order valence-corrected chi connectivity index (χ4v) is 1.75. The summed E-state index contributed by atoms with van der Waals surface area (Å²) < 4.78 is 24.9. The summed E-state index contributed by atoms with van der Waals surface area (Å²) in [5, 5.41) is 9.03. The molecule has 0 fully saturated rings. The number of sulfonamides is 1. The summed E-state index contributed by atoms with van der Waals surface area (Å²) in [6.45, 7) is 1.73. The third-order valence-corrected chi connectivity index (χ3v) is 3.50. The van der Waals surface area contributed by atoms with Crippen LogP contribution in [0.1, 0.15) is 18.1 Å². The van der Waals surface area contributed by atoms with Crippen LogP contribution in [-0.2, 0) is 23.2 Å². The second-order valence-corrected chi connectivity index (χ2v) is 5.25. The van der Waals surface area contributed by atoms with Gasteiger partial charge in [0.05, 0.1) is 12.4 Å². The van der Waals surface area contributed by atoms with E-state index in [1.54, 1.807) is 19.1 Å². The maximum atomic E-state index is 11.2. The molecule has 0 saturated heterocycles. The molecule has 0 saturated carbocycles. The van der Waals surface area contributed by atoms with Crippen molar-refractivity contribution in [1.82, 2.24) is 4.72 Å². The van der Waals surface area contributed by atoms with Gasteiger partial charge in [-0.2, -0.15) is 0 Å². The molecule has 0 aliphatic carbocycles. The standard InChI is InChI=1S/C10H15NO3S/c1-2-15(13,14)11-7-9-5-3-4-6-10(9)8-12/h3-6,11-12H,2,7-8H2,1H3. The molecule has 0 heterocycles. The summed E-state index contributed by atoms with van der Waals surface area (Å²) in [5.41, 5.74) is 1.55. The number of aliphatic hydroxyl groups is 1. The third-order valence-electron chi connectivity index (χ3n) is 2.15. The van der Waals surface area contributed by atoms with Crippen LogP contribution in [0.2, 0.25) is 0 Å². The Labute approximate surface area is 90.0 Å². The van der Waals surface area contributed by atoms with Gasteiger partial charge >= 0.3 is 0 Å². The van der Waals surface area contributed by atoms with Gasteiger partial charge in [-0.1, -0.05) is 24.3 Å². The maximum absolute atomic E-state index is 11.2. The Morgan fingerprint density at radius 1 is 1.27 bits per heavy atom. The molecule has 0 aromatic heterocycles. The van der Waals surface area contributed by atoms with Crippen molar-refractivity contribution < 1.29 is 13.5 Å². The van der Waals surface area contributed by atoms with Crippen molar-refractivity contribution in [2.24, 2.45) is 0 Å². The highest BCUT2D eigenvalue weighted by Crippen LogP contribution is 2.08. The molecule has 1 rings (SSSR count). The van der Waals surface area contributed by atoms with Crippen molar-refractivity contribution in [2.45, 2.75) is 20.1 Å². The van der Waals surface area contributed by atoms with Crippen LogP contribution < -0.4 is 4.72 Å². The zero-order valence-electron chi connectivity index (χ0n) is 8.60. The van der Waals surface area contributed by atoms with Gasteiger partial charge in [0, 0.05) is 6.54 Å². The van der Waals surface area contributed by atoms with Crippen LogP contribution in [0.25, 0.3) is 0 Å². The summed E-state index contributed by atoms with van der Waals surface area (Å²) in [5.74, 6) is 0.0638. The third kappa shape index (κ3) is 3.62. The Balaban J connectivity index is 2.73. The maximum Gasteiger partial charge on any atom is 0.211 e. The first-order chi connectivity index (χ1) is 7.09. The van der Waals surface area contributed by atoms with Gasteiger partial charge < -0.3 is 5.11 Å². The SMILES string of the molecule is CCS(=O)(=O)NCc1ccccc1CO. The van der Waals surface area contributed by atoms with E-state index >= 15 is 0 Å². The molecule has 0 aliphatic heterocycles. The predicted molar refractivity (Wildman–Crippen MR) is 58.7 cm³/mol. The van der Waals surface area contributed by atoms with E-state index in [0.29, 0.717) is 0 Å². The molecule has 1 aromatic carbocycles. The monoisotopic (exact) mass is 229 g/mol. The van der Waals surface area contributed by atoms with Crippen molar-refractivity contribution in [2.75, 3.05) is 5.75 Å². The second-order valence-electron chi connectivity index (χ2n) is 3.15. The predicted octanol–water partition coefficient (Wildman–Crippen LogP) is 0.618. The zero-order chi connectivity index (χ0) is 11.3. The van der Waals surface area contributed by atoms with Gasteiger partial charge in [-0.05, 0) is 18.1 Å². The molecular formula is C10H15NO3S. The summed E-state index contributed by atoms with van der Waals surface area (Å²) in [6.07, 6.45) is 0. The van der Waals surface area contributed by atoms with Gasteiger partial charge in [0.15, 0.2) is 0 Å². The van der Waals surface area contributed by atoms with Crippen LogP contribution in [0.3, 0.4) is 0 Å². The highest BCUT2D eigenvalue weighted by atomic mass is 32.2. The first kappa shape index (κ1) is 12.2. The Bertz CT molecular complexity index is 414. The molecule has 0 atom stereocenters. The van der Waals surface area contributed by atoms with E-state index in [-0.39, 0.29) is 18.9 Å². The lowest BCUT2D eigenvalue weighted by molar-refractivity contribution is 0.280. The molecule has 15 heavy (non-hydrogen) atoms. The number of hydrogen-bond donors (Lipinski definition) is 2. The lowest BCUT2D eigenvalue weighted by atomic mass is 10.1. The van der Waals surface area contributed by atoms with Gasteiger partial charge in [0.1, 0.15) is 0 Å². The highest BCUT2D eigenvalue weighted by Gasteiger charge is 2.07. The van der Waals surface area contributed by atoms with Gasteiger partial charge in [-0.3, -0.25) is 0 Å². The molecule has 0 amide bonds. The van der Waals surface area contributed by atoms with Crippen molar-refractivity contribution in [1.29, 1.82) is 0 Å². The molecular weight excluding hydrogens is 214 g/mol. The molecule has 0 unspecified atom stereocenters. The average molecular weight is 229 g/mol. The van der Waals surface area contributed by atoms with Crippen molar-refractivity contribution >= 4 is 10.0 Å². The van der Waals surface area contributed by atoms with Crippen LogP contribution in [0, 0.1) is 0 Å². The summed E-state index contributed by atoms with van der Waals surface area (Å²) in [6, 6.07) is 7.19. The molecule has 84 valence electrons. The average Bonchev–Trinajstić information content (AvgIpc) is 2.27. The van der Waals surface area contributed by atoms with Gasteiger partial charge in [0.25, 0.3) is 0 Å². The zero-order valence-corrected chi connectivity index (χ0v) is 9.42. The van der Waals surface area contributed by atoms with Crippen LogP contribution in [0.15, 0.2) is 24.3 Å². The van der Waals surface area contributed by atoms with E-state index < -0.39 is 10.0 Å². The van der Waals surface area contributed by atoms with Crippen LogP contribution in [-0.4, -0.2) is 19.3 Å². The lowest BCUT2D eigenvalue weighted by Crippen LogP contribution is -2.25. The van der Waals surface area contributed by atoms with Crippen LogP contribution >= 0.6 is 0 Å². The van der Waals surface area contributed by atoms with E-state index in [2.05, 4.69) is 4.72 Å². The number of nitrogens with one attached hydrogen (secondary N) is 1.